The summed E-state index contributed by atoms with van der Waals surface area (Å²) < 4.78 is 5.97. The highest BCUT2D eigenvalue weighted by molar-refractivity contribution is 5.87. The van der Waals surface area contributed by atoms with Gasteiger partial charge in [0.05, 0.1) is 6.42 Å². The summed E-state index contributed by atoms with van der Waals surface area (Å²) in [7, 11) is 3.37. The standard InChI is InChI=1S/C34H56N2O4/c1-24(2)9-7-8-10-25-12-14-29-28-13-11-26-23-27(15-18-34(26,4)30(28)16-19-33(25,29)3)40-32(39)36(6)21-20-35(5)31(38)17-22-37/h11,22,24-25,27-30H,7-10,12-21,23H2,1-6H3/t25-,27-,28-,29-,30-,33+,34-/m0/s1. The van der Waals surface area contributed by atoms with E-state index in [1.54, 1.807) is 19.0 Å². The van der Waals surface area contributed by atoms with Crippen molar-refractivity contribution in [3.63, 3.8) is 0 Å². The normalized spacial score (nSPS) is 34.8. The van der Waals surface area contributed by atoms with Crippen LogP contribution >= 0.6 is 0 Å². The zero-order chi connectivity index (χ0) is 29.1. The van der Waals surface area contributed by atoms with Crippen LogP contribution in [0.2, 0.25) is 0 Å². The molecule has 6 heteroatoms. The summed E-state index contributed by atoms with van der Waals surface area (Å²) in [5.74, 6) is 3.96. The number of likely N-dealkylation sites (N-methyl/N-ethyl adjacent to an activating group) is 2. The number of unbranched alkanes of at least 4 members (excludes halogenated alkanes) is 1. The molecule has 0 aliphatic heterocycles. The summed E-state index contributed by atoms with van der Waals surface area (Å²) in [6, 6.07) is 0. The number of rotatable bonds is 11. The molecule has 0 aromatic rings. The number of ether oxygens (including phenoxy) is 1. The van der Waals surface area contributed by atoms with Gasteiger partial charge in [-0.1, -0.05) is 58.6 Å². The Hall–Kier alpha value is -1.85. The van der Waals surface area contributed by atoms with E-state index in [1.165, 1.54) is 68.3 Å². The largest absolute Gasteiger partial charge is 0.446 e. The van der Waals surface area contributed by atoms with Crippen LogP contribution in [0.25, 0.3) is 0 Å². The maximum absolute atomic E-state index is 12.8. The van der Waals surface area contributed by atoms with E-state index in [-0.39, 0.29) is 29.9 Å². The first kappa shape index (κ1) is 31.1. The van der Waals surface area contributed by atoms with Crippen LogP contribution < -0.4 is 0 Å². The van der Waals surface area contributed by atoms with Gasteiger partial charge < -0.3 is 19.3 Å². The van der Waals surface area contributed by atoms with Gasteiger partial charge in [-0.3, -0.25) is 4.79 Å². The lowest BCUT2D eigenvalue weighted by Crippen LogP contribution is -2.50. The molecule has 4 rings (SSSR count). The predicted molar refractivity (Wildman–Crippen MR) is 160 cm³/mol. The van der Waals surface area contributed by atoms with E-state index in [9.17, 15) is 14.4 Å². The monoisotopic (exact) mass is 556 g/mol. The fraction of sp³-hybridized carbons (Fsp3) is 0.853. The Balaban J connectivity index is 1.31. The molecule has 0 spiro atoms. The van der Waals surface area contributed by atoms with E-state index in [4.69, 9.17) is 4.74 Å². The Morgan fingerprint density at radius 1 is 1.02 bits per heavy atom. The minimum Gasteiger partial charge on any atom is -0.446 e. The van der Waals surface area contributed by atoms with Gasteiger partial charge in [-0.25, -0.2) is 4.79 Å². The highest BCUT2D eigenvalue weighted by Crippen LogP contribution is 2.66. The molecular weight excluding hydrogens is 500 g/mol. The van der Waals surface area contributed by atoms with Crippen LogP contribution in [-0.2, 0) is 14.3 Å². The Morgan fingerprint density at radius 2 is 1.77 bits per heavy atom. The first-order chi connectivity index (χ1) is 19.0. The maximum atomic E-state index is 12.8. The minimum atomic E-state index is -0.321. The molecule has 4 aliphatic carbocycles. The molecule has 0 heterocycles. The summed E-state index contributed by atoms with van der Waals surface area (Å²) in [5, 5.41) is 0. The fourth-order valence-electron chi connectivity index (χ4n) is 9.23. The number of carbonyl (C=O) groups is 3. The van der Waals surface area contributed by atoms with Crippen molar-refractivity contribution in [2.24, 2.45) is 40.4 Å². The van der Waals surface area contributed by atoms with Crippen molar-refractivity contribution in [1.29, 1.82) is 0 Å². The number of fused-ring (bicyclic) bond motifs is 5. The highest BCUT2D eigenvalue weighted by Gasteiger charge is 2.58. The number of allylic oxidation sites excluding steroid dienone is 1. The van der Waals surface area contributed by atoms with E-state index >= 15 is 0 Å². The Morgan fingerprint density at radius 3 is 2.50 bits per heavy atom. The number of hydrogen-bond donors (Lipinski definition) is 0. The van der Waals surface area contributed by atoms with Crippen molar-refractivity contribution in [1.82, 2.24) is 9.80 Å². The minimum absolute atomic E-state index is 0.0733. The molecule has 0 bridgehead atoms. The van der Waals surface area contributed by atoms with Crippen molar-refractivity contribution in [2.45, 2.75) is 117 Å². The van der Waals surface area contributed by atoms with Crippen molar-refractivity contribution < 1.29 is 19.1 Å². The zero-order valence-corrected chi connectivity index (χ0v) is 26.3. The highest BCUT2D eigenvalue weighted by atomic mass is 16.6. The fourth-order valence-corrected chi connectivity index (χ4v) is 9.23. The van der Waals surface area contributed by atoms with Gasteiger partial charge in [0, 0.05) is 33.6 Å². The molecule has 0 radical (unpaired) electrons. The smallest absolute Gasteiger partial charge is 0.409 e. The summed E-state index contributed by atoms with van der Waals surface area (Å²) in [6.07, 6.45) is 18.0. The van der Waals surface area contributed by atoms with E-state index in [0.29, 0.717) is 24.8 Å². The second-order valence-corrected chi connectivity index (χ2v) is 14.6. The van der Waals surface area contributed by atoms with Gasteiger partial charge >= 0.3 is 6.09 Å². The number of hydrogen-bond acceptors (Lipinski definition) is 4. The van der Waals surface area contributed by atoms with E-state index < -0.39 is 0 Å². The average Bonchev–Trinajstić information content (AvgIpc) is 3.25. The molecule has 7 atom stereocenters. The van der Waals surface area contributed by atoms with Gasteiger partial charge in [-0.15, -0.1) is 0 Å². The van der Waals surface area contributed by atoms with Crippen LogP contribution in [0.1, 0.15) is 111 Å². The van der Waals surface area contributed by atoms with Crippen LogP contribution in [0, 0.1) is 40.4 Å². The van der Waals surface area contributed by atoms with Crippen molar-refractivity contribution in [2.75, 3.05) is 27.2 Å². The van der Waals surface area contributed by atoms with E-state index in [0.717, 1.165) is 48.9 Å². The molecule has 226 valence electrons. The Kier molecular flexibility index (Phi) is 10.1. The van der Waals surface area contributed by atoms with Crippen LogP contribution in [0.5, 0.6) is 0 Å². The summed E-state index contributed by atoms with van der Waals surface area (Å²) >= 11 is 0. The van der Waals surface area contributed by atoms with Gasteiger partial charge in [0.1, 0.15) is 12.4 Å². The molecule has 4 aliphatic rings. The number of amides is 2. The third kappa shape index (κ3) is 6.46. The summed E-state index contributed by atoms with van der Waals surface area (Å²) in [4.78, 5) is 38.3. The molecular formula is C34H56N2O4. The molecule has 6 nitrogen and oxygen atoms in total. The van der Waals surface area contributed by atoms with Crippen LogP contribution in [-0.4, -0.2) is 61.4 Å². The molecule has 3 saturated carbocycles. The number of aldehydes is 1. The zero-order valence-electron chi connectivity index (χ0n) is 26.3. The van der Waals surface area contributed by atoms with Gasteiger partial charge in [0.15, 0.2) is 0 Å². The quantitative estimate of drug-likeness (QED) is 0.116. The average molecular weight is 557 g/mol. The second-order valence-electron chi connectivity index (χ2n) is 14.6. The van der Waals surface area contributed by atoms with Crippen molar-refractivity contribution in [3.8, 4) is 0 Å². The van der Waals surface area contributed by atoms with E-state index in [1.807, 2.05) is 0 Å². The number of nitrogens with zero attached hydrogens (tertiary/aromatic N) is 2. The van der Waals surface area contributed by atoms with Gasteiger partial charge in [0.25, 0.3) is 0 Å². The van der Waals surface area contributed by atoms with Gasteiger partial charge in [-0.2, -0.15) is 0 Å². The molecule has 2 amide bonds. The second kappa shape index (κ2) is 13.0. The van der Waals surface area contributed by atoms with Crippen LogP contribution in [0.15, 0.2) is 11.6 Å². The van der Waals surface area contributed by atoms with Crippen LogP contribution in [0.4, 0.5) is 4.79 Å². The van der Waals surface area contributed by atoms with Gasteiger partial charge in [-0.05, 0) is 91.8 Å². The first-order valence-electron chi connectivity index (χ1n) is 16.3. The van der Waals surface area contributed by atoms with Crippen molar-refractivity contribution >= 4 is 18.3 Å². The summed E-state index contributed by atoms with van der Waals surface area (Å²) in [6.45, 7) is 10.6. The third-order valence-corrected chi connectivity index (χ3v) is 11.9. The Labute approximate surface area is 243 Å². The molecule has 0 aromatic carbocycles. The molecule has 0 N–H and O–H groups in total. The molecule has 0 saturated heterocycles. The lowest BCUT2D eigenvalue weighted by molar-refractivity contribution is -0.131. The predicted octanol–water partition coefficient (Wildman–Crippen LogP) is 7.27. The van der Waals surface area contributed by atoms with Gasteiger partial charge in [0.2, 0.25) is 5.91 Å². The third-order valence-electron chi connectivity index (χ3n) is 11.9. The lowest BCUT2D eigenvalue weighted by atomic mass is 9.47. The molecule has 0 unspecified atom stereocenters. The van der Waals surface area contributed by atoms with Crippen molar-refractivity contribution in [3.05, 3.63) is 11.6 Å². The lowest BCUT2D eigenvalue weighted by Gasteiger charge is -2.58. The molecule has 0 aromatic heterocycles. The van der Waals surface area contributed by atoms with E-state index in [2.05, 4.69) is 33.8 Å². The maximum Gasteiger partial charge on any atom is 0.409 e. The number of carbonyl (C=O) groups excluding carboxylic acids is 3. The SMILES string of the molecule is CC(C)CCCC[C@H]1CC[C@H]2[C@@H]3CC=C4C[C@@H](OC(=O)N(C)CCN(C)C(=O)CC=O)CC[C@]4(C)[C@H]3CC[C@]12C. The first-order valence-corrected chi connectivity index (χ1v) is 16.3. The summed E-state index contributed by atoms with van der Waals surface area (Å²) in [5.41, 5.74) is 2.31. The topological polar surface area (TPSA) is 66.9 Å². The Bertz CT molecular complexity index is 946. The van der Waals surface area contributed by atoms with Crippen LogP contribution in [0.3, 0.4) is 0 Å². The molecule has 3 fully saturated rings. The molecule has 40 heavy (non-hydrogen) atoms.